The highest BCUT2D eigenvalue weighted by molar-refractivity contribution is 6.30. The van der Waals surface area contributed by atoms with Crippen molar-refractivity contribution in [1.82, 2.24) is 4.98 Å². The first-order valence-electron chi connectivity index (χ1n) is 8.50. The molecule has 0 radical (unpaired) electrons. The van der Waals surface area contributed by atoms with E-state index in [2.05, 4.69) is 10.3 Å². The maximum Gasteiger partial charge on any atom is 0.311 e. The van der Waals surface area contributed by atoms with Gasteiger partial charge < -0.3 is 10.1 Å². The molecule has 0 aliphatic carbocycles. The normalized spacial score (nSPS) is 10.7. The number of aromatic nitrogens is 1. The van der Waals surface area contributed by atoms with Gasteiger partial charge >= 0.3 is 5.69 Å². The van der Waals surface area contributed by atoms with Crippen molar-refractivity contribution >= 4 is 40.7 Å². The number of hydrogen-bond acceptors (Lipinski definition) is 6. The molecule has 2 aromatic carbocycles. The number of hydrogen-bond donors (Lipinski definition) is 1. The van der Waals surface area contributed by atoms with Gasteiger partial charge in [-0.15, -0.1) is 0 Å². The van der Waals surface area contributed by atoms with Gasteiger partial charge in [0.25, 0.3) is 0 Å². The number of ether oxygens (including phenoxy) is 1. The maximum atomic E-state index is 12.7. The van der Waals surface area contributed by atoms with E-state index < -0.39 is 4.92 Å². The number of benzene rings is 2. The summed E-state index contributed by atoms with van der Waals surface area (Å²) in [6, 6.07) is 14.8. The first-order chi connectivity index (χ1) is 14.0. The fraction of sp³-hybridized carbons (Fsp3) is 0.0476. The van der Waals surface area contributed by atoms with Gasteiger partial charge in [0, 0.05) is 23.0 Å². The van der Waals surface area contributed by atoms with Gasteiger partial charge in [-0.2, -0.15) is 0 Å². The molecule has 0 amide bonds. The molecule has 3 aromatic rings. The Hall–Kier alpha value is -3.71. The number of carbonyl (C=O) groups is 1. The fourth-order valence-corrected chi connectivity index (χ4v) is 2.71. The first-order valence-corrected chi connectivity index (χ1v) is 8.88. The second kappa shape index (κ2) is 8.99. The first kappa shape index (κ1) is 20.0. The van der Waals surface area contributed by atoms with Crippen molar-refractivity contribution in [3.8, 4) is 5.75 Å². The van der Waals surface area contributed by atoms with E-state index in [0.717, 1.165) is 5.69 Å². The highest BCUT2D eigenvalue weighted by Gasteiger charge is 2.15. The molecule has 0 unspecified atom stereocenters. The van der Waals surface area contributed by atoms with Gasteiger partial charge in [0.2, 0.25) is 0 Å². The number of nitro benzene ring substituents is 1. The Kier molecular flexibility index (Phi) is 6.21. The van der Waals surface area contributed by atoms with Gasteiger partial charge in [0.15, 0.2) is 11.5 Å². The molecule has 1 N–H and O–H groups in total. The quantitative estimate of drug-likeness (QED) is 0.246. The van der Waals surface area contributed by atoms with Crippen molar-refractivity contribution in [1.29, 1.82) is 0 Å². The monoisotopic (exact) mass is 409 g/mol. The number of rotatable bonds is 7. The molecule has 1 aromatic heterocycles. The highest BCUT2D eigenvalue weighted by atomic mass is 35.5. The Balaban J connectivity index is 1.83. The fourth-order valence-electron chi connectivity index (χ4n) is 2.59. The van der Waals surface area contributed by atoms with Crippen LogP contribution in [-0.4, -0.2) is 22.8 Å². The molecule has 0 fully saturated rings. The molecule has 29 heavy (non-hydrogen) atoms. The van der Waals surface area contributed by atoms with E-state index >= 15 is 0 Å². The van der Waals surface area contributed by atoms with Crippen LogP contribution in [0.5, 0.6) is 5.75 Å². The van der Waals surface area contributed by atoms with E-state index in [9.17, 15) is 14.9 Å². The Morgan fingerprint density at radius 3 is 2.66 bits per heavy atom. The summed E-state index contributed by atoms with van der Waals surface area (Å²) in [7, 11) is 1.36. The predicted molar refractivity (Wildman–Crippen MR) is 112 cm³/mol. The van der Waals surface area contributed by atoms with E-state index in [1.165, 1.54) is 31.4 Å². The molecule has 0 saturated carbocycles. The number of halogens is 1. The van der Waals surface area contributed by atoms with E-state index in [4.69, 9.17) is 16.3 Å². The van der Waals surface area contributed by atoms with Crippen LogP contribution in [0.4, 0.5) is 17.2 Å². The zero-order valence-corrected chi connectivity index (χ0v) is 16.1. The number of allylic oxidation sites excluding steroid dienone is 1. The molecule has 3 rings (SSSR count). The van der Waals surface area contributed by atoms with Crippen LogP contribution in [0.15, 0.2) is 66.9 Å². The minimum absolute atomic E-state index is 0.153. The molecule has 0 spiro atoms. The maximum absolute atomic E-state index is 12.7. The molecule has 0 saturated heterocycles. The number of carbonyl (C=O) groups excluding carboxylic acids is 1. The SMILES string of the molecule is COc1ccc(/C=C/C(=O)c2cccnc2Nc2ccc(Cl)cc2)cc1[N+](=O)[O-]. The lowest BCUT2D eigenvalue weighted by atomic mass is 10.1. The van der Waals surface area contributed by atoms with Crippen molar-refractivity contribution in [2.24, 2.45) is 0 Å². The third-order valence-corrected chi connectivity index (χ3v) is 4.26. The Bertz CT molecular complexity index is 1080. The van der Waals surface area contributed by atoms with Crippen molar-refractivity contribution in [2.75, 3.05) is 12.4 Å². The largest absolute Gasteiger partial charge is 0.490 e. The van der Waals surface area contributed by atoms with Gasteiger partial charge in [-0.25, -0.2) is 4.98 Å². The Morgan fingerprint density at radius 2 is 1.97 bits per heavy atom. The predicted octanol–water partition coefficient (Wildman–Crippen LogP) is 5.29. The van der Waals surface area contributed by atoms with Crippen LogP contribution in [0.2, 0.25) is 5.02 Å². The van der Waals surface area contributed by atoms with Crippen LogP contribution in [0.1, 0.15) is 15.9 Å². The van der Waals surface area contributed by atoms with E-state index in [-0.39, 0.29) is 17.2 Å². The molecule has 146 valence electrons. The van der Waals surface area contributed by atoms with Gasteiger partial charge in [0.1, 0.15) is 5.82 Å². The van der Waals surface area contributed by atoms with Crippen LogP contribution in [0.25, 0.3) is 6.08 Å². The lowest BCUT2D eigenvalue weighted by Gasteiger charge is -2.09. The summed E-state index contributed by atoms with van der Waals surface area (Å²) in [5.74, 6) is 0.249. The number of nitro groups is 1. The van der Waals surface area contributed by atoms with Crippen molar-refractivity contribution in [3.05, 3.63) is 93.1 Å². The van der Waals surface area contributed by atoms with E-state index in [1.54, 1.807) is 48.7 Å². The lowest BCUT2D eigenvalue weighted by Crippen LogP contribution is -2.03. The van der Waals surface area contributed by atoms with Crippen LogP contribution >= 0.6 is 11.6 Å². The summed E-state index contributed by atoms with van der Waals surface area (Å²) in [6.07, 6.45) is 4.43. The average Bonchev–Trinajstić information content (AvgIpc) is 2.73. The van der Waals surface area contributed by atoms with Crippen LogP contribution in [0, 0.1) is 10.1 Å². The van der Waals surface area contributed by atoms with Gasteiger partial charge in [0.05, 0.1) is 17.6 Å². The second-order valence-corrected chi connectivity index (χ2v) is 6.35. The molecular weight excluding hydrogens is 394 g/mol. The molecule has 0 aliphatic rings. The number of methoxy groups -OCH3 is 1. The second-order valence-electron chi connectivity index (χ2n) is 5.92. The van der Waals surface area contributed by atoms with Crippen LogP contribution < -0.4 is 10.1 Å². The summed E-state index contributed by atoms with van der Waals surface area (Å²) in [5, 5.41) is 14.8. The molecular formula is C21H16ClN3O4. The summed E-state index contributed by atoms with van der Waals surface area (Å²) >= 11 is 5.89. The third kappa shape index (κ3) is 4.97. The summed E-state index contributed by atoms with van der Waals surface area (Å²) in [5.41, 5.74) is 1.43. The third-order valence-electron chi connectivity index (χ3n) is 4.01. The Labute approximate surface area is 171 Å². The lowest BCUT2D eigenvalue weighted by molar-refractivity contribution is -0.385. The molecule has 1 heterocycles. The zero-order valence-electron chi connectivity index (χ0n) is 15.3. The number of nitrogens with zero attached hydrogens (tertiary/aromatic N) is 2. The zero-order chi connectivity index (χ0) is 20.8. The van der Waals surface area contributed by atoms with E-state index in [1.807, 2.05) is 0 Å². The van der Waals surface area contributed by atoms with Gasteiger partial charge in [-0.1, -0.05) is 23.7 Å². The minimum Gasteiger partial charge on any atom is -0.490 e. The standard InChI is InChI=1S/C21H16ClN3O4/c1-29-20-11-5-14(13-18(20)25(27)28)4-10-19(26)17-3-2-12-23-21(17)24-16-8-6-15(22)7-9-16/h2-13H,1H3,(H,23,24)/b10-4+. The Morgan fingerprint density at radius 1 is 1.21 bits per heavy atom. The van der Waals surface area contributed by atoms with Crippen molar-refractivity contribution in [2.45, 2.75) is 0 Å². The smallest absolute Gasteiger partial charge is 0.311 e. The molecule has 0 aliphatic heterocycles. The number of ketones is 1. The summed E-state index contributed by atoms with van der Waals surface area (Å²) in [6.45, 7) is 0. The van der Waals surface area contributed by atoms with Gasteiger partial charge in [-0.3, -0.25) is 14.9 Å². The van der Waals surface area contributed by atoms with Crippen LogP contribution in [-0.2, 0) is 0 Å². The molecule has 0 atom stereocenters. The average molecular weight is 410 g/mol. The minimum atomic E-state index is -0.534. The number of nitrogens with one attached hydrogen (secondary N) is 1. The van der Waals surface area contributed by atoms with Crippen LogP contribution in [0.3, 0.4) is 0 Å². The summed E-state index contributed by atoms with van der Waals surface area (Å²) < 4.78 is 4.98. The summed E-state index contributed by atoms with van der Waals surface area (Å²) in [4.78, 5) is 27.5. The van der Waals surface area contributed by atoms with Gasteiger partial charge in [-0.05, 0) is 54.1 Å². The molecule has 0 bridgehead atoms. The van der Waals surface area contributed by atoms with Crippen molar-refractivity contribution < 1.29 is 14.5 Å². The topological polar surface area (TPSA) is 94.4 Å². The highest BCUT2D eigenvalue weighted by Crippen LogP contribution is 2.28. The van der Waals surface area contributed by atoms with Crippen molar-refractivity contribution in [3.63, 3.8) is 0 Å². The number of pyridine rings is 1. The number of anilines is 2. The molecule has 8 heteroatoms. The van der Waals surface area contributed by atoms with E-state index in [0.29, 0.717) is 22.0 Å². The molecule has 7 nitrogen and oxygen atoms in total.